The summed E-state index contributed by atoms with van der Waals surface area (Å²) in [5.74, 6) is -0.191. The second kappa shape index (κ2) is 6.28. The SMILES string of the molecule is CCC(CC)CNc1ccc(C(=O)O)c(C)c1. The van der Waals surface area contributed by atoms with Gasteiger partial charge in [0.15, 0.2) is 0 Å². The van der Waals surface area contributed by atoms with Crippen LogP contribution in [0.15, 0.2) is 18.2 Å². The molecule has 0 atom stereocenters. The summed E-state index contributed by atoms with van der Waals surface area (Å²) in [6.07, 6.45) is 2.32. The fourth-order valence-electron chi connectivity index (χ4n) is 1.85. The Labute approximate surface area is 103 Å². The summed E-state index contributed by atoms with van der Waals surface area (Å²) in [6, 6.07) is 5.39. The Morgan fingerprint density at radius 2 is 2.00 bits per heavy atom. The highest BCUT2D eigenvalue weighted by Crippen LogP contribution is 2.16. The second-order valence-corrected chi connectivity index (χ2v) is 4.40. The summed E-state index contributed by atoms with van der Waals surface area (Å²) in [5.41, 5.74) is 2.17. The van der Waals surface area contributed by atoms with Gasteiger partial charge < -0.3 is 10.4 Å². The molecule has 0 unspecified atom stereocenters. The first-order valence-corrected chi connectivity index (χ1v) is 6.16. The molecular weight excluding hydrogens is 214 g/mol. The number of aromatic carboxylic acids is 1. The molecule has 17 heavy (non-hydrogen) atoms. The minimum Gasteiger partial charge on any atom is -0.478 e. The van der Waals surface area contributed by atoms with Crippen molar-refractivity contribution >= 4 is 11.7 Å². The van der Waals surface area contributed by atoms with Crippen LogP contribution in [0, 0.1) is 12.8 Å². The van der Waals surface area contributed by atoms with E-state index in [2.05, 4.69) is 19.2 Å². The maximum Gasteiger partial charge on any atom is 0.335 e. The van der Waals surface area contributed by atoms with E-state index in [-0.39, 0.29) is 0 Å². The van der Waals surface area contributed by atoms with Crippen molar-refractivity contribution in [2.75, 3.05) is 11.9 Å². The summed E-state index contributed by atoms with van der Waals surface area (Å²) < 4.78 is 0. The Kier molecular flexibility index (Phi) is 5.01. The third-order valence-corrected chi connectivity index (χ3v) is 3.21. The minimum atomic E-state index is -0.867. The summed E-state index contributed by atoms with van der Waals surface area (Å²) in [6.45, 7) is 7.15. The molecule has 1 aromatic rings. The molecule has 0 amide bonds. The van der Waals surface area contributed by atoms with E-state index < -0.39 is 5.97 Å². The van der Waals surface area contributed by atoms with Gasteiger partial charge in [-0.25, -0.2) is 4.79 Å². The summed E-state index contributed by atoms with van der Waals surface area (Å²) in [4.78, 5) is 10.9. The molecule has 1 aromatic carbocycles. The number of nitrogens with one attached hydrogen (secondary N) is 1. The predicted molar refractivity (Wildman–Crippen MR) is 70.7 cm³/mol. The average molecular weight is 235 g/mol. The van der Waals surface area contributed by atoms with E-state index in [0.717, 1.165) is 30.6 Å². The molecule has 0 radical (unpaired) electrons. The van der Waals surface area contributed by atoms with Gasteiger partial charge in [0.25, 0.3) is 0 Å². The number of carboxylic acids is 1. The Balaban J connectivity index is 2.67. The fourth-order valence-corrected chi connectivity index (χ4v) is 1.85. The number of hydrogen-bond acceptors (Lipinski definition) is 2. The van der Waals surface area contributed by atoms with Gasteiger partial charge in [-0.15, -0.1) is 0 Å². The third-order valence-electron chi connectivity index (χ3n) is 3.21. The summed E-state index contributed by atoms with van der Waals surface area (Å²) in [5, 5.41) is 12.3. The van der Waals surface area contributed by atoms with Crippen LogP contribution in [-0.2, 0) is 0 Å². The smallest absolute Gasteiger partial charge is 0.335 e. The van der Waals surface area contributed by atoms with Crippen LogP contribution >= 0.6 is 0 Å². The van der Waals surface area contributed by atoms with Crippen molar-refractivity contribution in [3.05, 3.63) is 29.3 Å². The van der Waals surface area contributed by atoms with E-state index >= 15 is 0 Å². The van der Waals surface area contributed by atoms with Gasteiger partial charge in [-0.1, -0.05) is 26.7 Å². The number of benzene rings is 1. The Morgan fingerprint density at radius 3 is 2.47 bits per heavy atom. The minimum absolute atomic E-state index is 0.373. The lowest BCUT2D eigenvalue weighted by molar-refractivity contribution is 0.0696. The molecule has 0 aliphatic carbocycles. The van der Waals surface area contributed by atoms with Crippen LogP contribution in [0.2, 0.25) is 0 Å². The largest absolute Gasteiger partial charge is 0.478 e. The van der Waals surface area contributed by atoms with Crippen molar-refractivity contribution in [3.63, 3.8) is 0 Å². The Hall–Kier alpha value is -1.51. The lowest BCUT2D eigenvalue weighted by Gasteiger charge is -2.15. The van der Waals surface area contributed by atoms with Crippen molar-refractivity contribution in [2.45, 2.75) is 33.6 Å². The molecule has 1 rings (SSSR count). The lowest BCUT2D eigenvalue weighted by atomic mass is 10.0. The zero-order valence-electron chi connectivity index (χ0n) is 10.8. The first-order chi connectivity index (χ1) is 8.08. The maximum atomic E-state index is 10.9. The van der Waals surface area contributed by atoms with Crippen molar-refractivity contribution in [1.29, 1.82) is 0 Å². The number of carboxylic acid groups (broad SMARTS) is 1. The lowest BCUT2D eigenvalue weighted by Crippen LogP contribution is -2.13. The number of rotatable bonds is 6. The molecule has 0 aliphatic heterocycles. The fraction of sp³-hybridized carbons (Fsp3) is 0.500. The van der Waals surface area contributed by atoms with Crippen molar-refractivity contribution < 1.29 is 9.90 Å². The van der Waals surface area contributed by atoms with E-state index in [1.165, 1.54) is 0 Å². The van der Waals surface area contributed by atoms with Gasteiger partial charge in [-0.05, 0) is 36.6 Å². The molecule has 0 spiro atoms. The zero-order valence-corrected chi connectivity index (χ0v) is 10.8. The molecule has 0 bridgehead atoms. The molecule has 0 aromatic heterocycles. The van der Waals surface area contributed by atoms with Crippen LogP contribution in [0.1, 0.15) is 42.6 Å². The molecule has 0 aliphatic rings. The van der Waals surface area contributed by atoms with Gasteiger partial charge in [0.1, 0.15) is 0 Å². The third kappa shape index (κ3) is 3.77. The van der Waals surface area contributed by atoms with Gasteiger partial charge in [0.2, 0.25) is 0 Å². The van der Waals surface area contributed by atoms with Crippen molar-refractivity contribution in [2.24, 2.45) is 5.92 Å². The van der Waals surface area contributed by atoms with Crippen molar-refractivity contribution in [3.8, 4) is 0 Å². The molecule has 0 fully saturated rings. The topological polar surface area (TPSA) is 49.3 Å². The number of aryl methyl sites for hydroxylation is 1. The summed E-state index contributed by atoms with van der Waals surface area (Å²) >= 11 is 0. The van der Waals surface area contributed by atoms with E-state index in [1.54, 1.807) is 6.07 Å². The molecule has 94 valence electrons. The van der Waals surface area contributed by atoms with Gasteiger partial charge in [-0.3, -0.25) is 0 Å². The van der Waals surface area contributed by atoms with Gasteiger partial charge in [-0.2, -0.15) is 0 Å². The standard InChI is InChI=1S/C14H21NO2/c1-4-11(5-2)9-15-12-6-7-13(14(16)17)10(3)8-12/h6-8,11,15H,4-5,9H2,1-3H3,(H,16,17). The highest BCUT2D eigenvalue weighted by atomic mass is 16.4. The Morgan fingerprint density at radius 1 is 1.35 bits per heavy atom. The van der Waals surface area contributed by atoms with Crippen LogP contribution in [0.5, 0.6) is 0 Å². The first kappa shape index (κ1) is 13.6. The Bertz CT molecular complexity index is 384. The number of anilines is 1. The van der Waals surface area contributed by atoms with E-state index in [4.69, 9.17) is 5.11 Å². The number of hydrogen-bond donors (Lipinski definition) is 2. The van der Waals surface area contributed by atoms with Gasteiger partial charge in [0, 0.05) is 12.2 Å². The molecule has 0 saturated carbocycles. The van der Waals surface area contributed by atoms with Crippen LogP contribution < -0.4 is 5.32 Å². The van der Waals surface area contributed by atoms with E-state index in [9.17, 15) is 4.79 Å². The van der Waals surface area contributed by atoms with Crippen LogP contribution in [0.4, 0.5) is 5.69 Å². The highest BCUT2D eigenvalue weighted by molar-refractivity contribution is 5.89. The molecule has 0 saturated heterocycles. The van der Waals surface area contributed by atoms with Crippen LogP contribution in [0.3, 0.4) is 0 Å². The van der Waals surface area contributed by atoms with Gasteiger partial charge in [0.05, 0.1) is 5.56 Å². The predicted octanol–water partition coefficient (Wildman–Crippen LogP) is 3.54. The number of carbonyl (C=O) groups is 1. The monoisotopic (exact) mass is 235 g/mol. The molecule has 0 heterocycles. The molecule has 3 heteroatoms. The molecular formula is C14H21NO2. The first-order valence-electron chi connectivity index (χ1n) is 6.16. The zero-order chi connectivity index (χ0) is 12.8. The summed E-state index contributed by atoms with van der Waals surface area (Å²) in [7, 11) is 0. The van der Waals surface area contributed by atoms with Crippen molar-refractivity contribution in [1.82, 2.24) is 0 Å². The average Bonchev–Trinajstić information content (AvgIpc) is 2.30. The molecule has 2 N–H and O–H groups in total. The second-order valence-electron chi connectivity index (χ2n) is 4.40. The maximum absolute atomic E-state index is 10.9. The quantitative estimate of drug-likeness (QED) is 0.792. The molecule has 3 nitrogen and oxygen atoms in total. The van der Waals surface area contributed by atoms with Gasteiger partial charge >= 0.3 is 5.97 Å². The normalized spacial score (nSPS) is 10.6. The van der Waals surface area contributed by atoms with Crippen LogP contribution in [-0.4, -0.2) is 17.6 Å². The van der Waals surface area contributed by atoms with E-state index in [0.29, 0.717) is 11.5 Å². The van der Waals surface area contributed by atoms with Crippen LogP contribution in [0.25, 0.3) is 0 Å². The highest BCUT2D eigenvalue weighted by Gasteiger charge is 2.08. The van der Waals surface area contributed by atoms with E-state index in [1.807, 2.05) is 19.1 Å².